The first-order valence-corrected chi connectivity index (χ1v) is 11.2. The SMILES string of the molecule is CCCCCCCCCCCCS[n+]1c(C)cc(C)c2ccccc21. The van der Waals surface area contributed by atoms with Gasteiger partial charge in [-0.25, -0.2) is 0 Å². The highest BCUT2D eigenvalue weighted by atomic mass is 32.2. The standard InChI is InChI=1S/C23H36NS/c1-4-5-6-7-8-9-10-11-12-15-18-25-24-21(3)19-20(2)22-16-13-14-17-23(22)24/h13-14,16-17,19H,4-12,15,18H2,1-3H3/q+1. The Hall–Kier alpha value is -1.02. The highest BCUT2D eigenvalue weighted by molar-refractivity contribution is 7.92. The van der Waals surface area contributed by atoms with Gasteiger partial charge < -0.3 is 0 Å². The minimum atomic E-state index is 1.22. The lowest BCUT2D eigenvalue weighted by Gasteiger charge is -2.05. The molecule has 2 heteroatoms. The van der Waals surface area contributed by atoms with Crippen molar-refractivity contribution in [2.24, 2.45) is 0 Å². The normalized spacial score (nSPS) is 11.3. The Morgan fingerprint density at radius 3 is 2.08 bits per heavy atom. The summed E-state index contributed by atoms with van der Waals surface area (Å²) in [6.07, 6.45) is 14.1. The first-order valence-electron chi connectivity index (χ1n) is 10.3. The molecule has 1 aromatic heterocycles. The zero-order valence-electron chi connectivity index (χ0n) is 16.5. The van der Waals surface area contributed by atoms with Gasteiger partial charge in [-0.05, 0) is 25.0 Å². The average molecular weight is 359 g/mol. The largest absolute Gasteiger partial charge is 0.226 e. The van der Waals surface area contributed by atoms with Crippen molar-refractivity contribution in [1.82, 2.24) is 0 Å². The van der Waals surface area contributed by atoms with Crippen LogP contribution in [-0.2, 0) is 0 Å². The van der Waals surface area contributed by atoms with Crippen LogP contribution in [-0.4, -0.2) is 5.75 Å². The van der Waals surface area contributed by atoms with E-state index in [1.54, 1.807) is 0 Å². The van der Waals surface area contributed by atoms with Crippen LogP contribution in [0.5, 0.6) is 0 Å². The van der Waals surface area contributed by atoms with E-state index in [4.69, 9.17) is 0 Å². The van der Waals surface area contributed by atoms with Crippen LogP contribution in [0, 0.1) is 13.8 Å². The Morgan fingerprint density at radius 2 is 1.40 bits per heavy atom. The molecule has 0 atom stereocenters. The Balaban J connectivity index is 1.67. The Labute approximate surface area is 159 Å². The fraction of sp³-hybridized carbons (Fsp3) is 0.609. The first-order chi connectivity index (χ1) is 12.2. The predicted octanol–water partition coefficient (Wildman–Crippen LogP) is 7.16. The summed E-state index contributed by atoms with van der Waals surface area (Å²) in [4.78, 5) is 0. The molecule has 0 N–H and O–H groups in total. The molecule has 0 radical (unpaired) electrons. The molecule has 1 heterocycles. The second-order valence-corrected chi connectivity index (χ2v) is 8.33. The molecule has 1 aromatic carbocycles. The van der Waals surface area contributed by atoms with Crippen molar-refractivity contribution in [3.05, 3.63) is 41.6 Å². The molecule has 25 heavy (non-hydrogen) atoms. The molecule has 2 rings (SSSR count). The minimum absolute atomic E-state index is 1.22. The Kier molecular flexibility index (Phi) is 9.39. The predicted molar refractivity (Wildman–Crippen MR) is 113 cm³/mol. The van der Waals surface area contributed by atoms with Crippen molar-refractivity contribution in [3.8, 4) is 0 Å². The summed E-state index contributed by atoms with van der Waals surface area (Å²) in [5.41, 5.74) is 4.09. The summed E-state index contributed by atoms with van der Waals surface area (Å²) < 4.78 is 2.43. The molecule has 0 spiro atoms. The fourth-order valence-corrected chi connectivity index (χ4v) is 4.61. The van der Waals surface area contributed by atoms with Gasteiger partial charge in [0.25, 0.3) is 0 Å². The minimum Gasteiger partial charge on any atom is -0.124 e. The van der Waals surface area contributed by atoms with Gasteiger partial charge in [0, 0.05) is 19.1 Å². The third kappa shape index (κ3) is 6.66. The summed E-state index contributed by atoms with van der Waals surface area (Å²) in [6, 6.07) is 11.1. The average Bonchev–Trinajstić information content (AvgIpc) is 2.62. The van der Waals surface area contributed by atoms with Crippen molar-refractivity contribution in [2.75, 3.05) is 5.75 Å². The van der Waals surface area contributed by atoms with Crippen LogP contribution < -0.4 is 3.97 Å². The molecular weight excluding hydrogens is 322 g/mol. The summed E-state index contributed by atoms with van der Waals surface area (Å²) in [5, 5.41) is 1.38. The van der Waals surface area contributed by atoms with Crippen molar-refractivity contribution in [2.45, 2.75) is 85.0 Å². The van der Waals surface area contributed by atoms with E-state index in [9.17, 15) is 0 Å². The molecule has 138 valence electrons. The lowest BCUT2D eigenvalue weighted by Crippen LogP contribution is -2.31. The van der Waals surface area contributed by atoms with Crippen LogP contribution in [0.4, 0.5) is 0 Å². The first kappa shape index (κ1) is 20.3. The van der Waals surface area contributed by atoms with Crippen LogP contribution in [0.3, 0.4) is 0 Å². The molecule has 0 amide bonds. The van der Waals surface area contributed by atoms with E-state index in [1.807, 2.05) is 11.9 Å². The van der Waals surface area contributed by atoms with Gasteiger partial charge in [-0.3, -0.25) is 0 Å². The van der Waals surface area contributed by atoms with Crippen LogP contribution in [0.25, 0.3) is 10.9 Å². The third-order valence-corrected chi connectivity index (χ3v) is 6.23. The van der Waals surface area contributed by atoms with Gasteiger partial charge in [-0.2, -0.15) is 0 Å². The van der Waals surface area contributed by atoms with E-state index in [2.05, 4.69) is 55.1 Å². The van der Waals surface area contributed by atoms with Crippen molar-refractivity contribution < 1.29 is 3.97 Å². The second kappa shape index (κ2) is 11.6. The van der Waals surface area contributed by atoms with Gasteiger partial charge in [0.2, 0.25) is 5.52 Å². The van der Waals surface area contributed by atoms with Crippen molar-refractivity contribution >= 4 is 22.9 Å². The summed E-state index contributed by atoms with van der Waals surface area (Å²) in [5.74, 6) is 1.22. The maximum absolute atomic E-state index is 2.43. The Morgan fingerprint density at radius 1 is 0.800 bits per heavy atom. The number of benzene rings is 1. The maximum atomic E-state index is 2.43. The number of hydrogen-bond donors (Lipinski definition) is 0. The van der Waals surface area contributed by atoms with E-state index in [1.165, 1.54) is 92.1 Å². The number of pyridine rings is 1. The van der Waals surface area contributed by atoms with Crippen LogP contribution in [0.2, 0.25) is 0 Å². The number of hydrogen-bond acceptors (Lipinski definition) is 1. The van der Waals surface area contributed by atoms with Gasteiger partial charge >= 0.3 is 0 Å². The van der Waals surface area contributed by atoms with E-state index < -0.39 is 0 Å². The fourth-order valence-electron chi connectivity index (χ4n) is 3.54. The zero-order chi connectivity index (χ0) is 17.9. The quantitative estimate of drug-likeness (QED) is 0.287. The lowest BCUT2D eigenvalue weighted by atomic mass is 10.1. The highest BCUT2D eigenvalue weighted by Crippen LogP contribution is 2.19. The van der Waals surface area contributed by atoms with Gasteiger partial charge in [-0.1, -0.05) is 76.8 Å². The van der Waals surface area contributed by atoms with Gasteiger partial charge in [0.15, 0.2) is 17.6 Å². The topological polar surface area (TPSA) is 3.88 Å². The van der Waals surface area contributed by atoms with E-state index in [0.29, 0.717) is 0 Å². The molecule has 0 bridgehead atoms. The molecule has 2 aromatic rings. The van der Waals surface area contributed by atoms with Gasteiger partial charge in [0.1, 0.15) is 0 Å². The molecular formula is C23H36NS+. The molecule has 0 unspecified atom stereocenters. The molecule has 0 fully saturated rings. The highest BCUT2D eigenvalue weighted by Gasteiger charge is 2.15. The zero-order valence-corrected chi connectivity index (χ0v) is 17.3. The third-order valence-electron chi connectivity index (χ3n) is 5.01. The summed E-state index contributed by atoms with van der Waals surface area (Å²) in [7, 11) is 0. The van der Waals surface area contributed by atoms with Crippen LogP contribution in [0.1, 0.15) is 82.4 Å². The maximum Gasteiger partial charge on any atom is 0.226 e. The smallest absolute Gasteiger partial charge is 0.124 e. The molecule has 0 saturated heterocycles. The molecule has 0 aliphatic heterocycles. The molecule has 0 saturated carbocycles. The number of fused-ring (bicyclic) bond motifs is 1. The number of aryl methyl sites for hydroxylation is 2. The van der Waals surface area contributed by atoms with Crippen molar-refractivity contribution in [1.29, 1.82) is 0 Å². The number of nitrogens with zero attached hydrogens (tertiary/aromatic N) is 1. The van der Waals surface area contributed by atoms with Crippen LogP contribution >= 0.6 is 11.9 Å². The molecule has 0 aliphatic rings. The number of para-hydroxylation sites is 1. The van der Waals surface area contributed by atoms with E-state index in [0.717, 1.165) is 0 Å². The number of rotatable bonds is 12. The number of unbranched alkanes of at least 4 members (excludes halogenated alkanes) is 9. The Bertz CT molecular complexity index is 635. The van der Waals surface area contributed by atoms with Gasteiger partial charge in [-0.15, -0.1) is 3.97 Å². The van der Waals surface area contributed by atoms with E-state index in [-0.39, 0.29) is 0 Å². The van der Waals surface area contributed by atoms with Crippen molar-refractivity contribution in [3.63, 3.8) is 0 Å². The molecule has 1 nitrogen and oxygen atoms in total. The van der Waals surface area contributed by atoms with E-state index >= 15 is 0 Å². The molecule has 0 aliphatic carbocycles. The monoisotopic (exact) mass is 358 g/mol. The lowest BCUT2D eigenvalue weighted by molar-refractivity contribution is -0.471. The number of aromatic nitrogens is 1. The van der Waals surface area contributed by atoms with Crippen LogP contribution in [0.15, 0.2) is 30.3 Å². The van der Waals surface area contributed by atoms with Gasteiger partial charge in [0.05, 0.1) is 11.1 Å². The second-order valence-electron chi connectivity index (χ2n) is 7.30. The summed E-state index contributed by atoms with van der Waals surface area (Å²) in [6.45, 7) is 6.73. The summed E-state index contributed by atoms with van der Waals surface area (Å²) >= 11 is 1.98.